The molecule has 0 bridgehead atoms. The van der Waals surface area contributed by atoms with Gasteiger partial charge in [0.15, 0.2) is 0 Å². The van der Waals surface area contributed by atoms with E-state index in [0.29, 0.717) is 18.3 Å². The zero-order valence-corrected chi connectivity index (χ0v) is 12.0. The minimum atomic E-state index is -0.642. The number of carboxylic acids is 1. The zero-order chi connectivity index (χ0) is 13.7. The fourth-order valence-corrected chi connectivity index (χ4v) is 3.23. The highest BCUT2D eigenvalue weighted by Gasteiger charge is 2.27. The summed E-state index contributed by atoms with van der Waals surface area (Å²) in [5.41, 5.74) is 0. The summed E-state index contributed by atoms with van der Waals surface area (Å²) in [4.78, 5) is 15.8. The van der Waals surface area contributed by atoms with Gasteiger partial charge in [-0.15, -0.1) is 0 Å². The van der Waals surface area contributed by atoms with Crippen LogP contribution in [0.5, 0.6) is 0 Å². The molecular formula is C14H27N3O2. The third kappa shape index (κ3) is 4.75. The van der Waals surface area contributed by atoms with Gasteiger partial charge in [-0.05, 0) is 51.4 Å². The van der Waals surface area contributed by atoms with Gasteiger partial charge in [-0.25, -0.2) is 0 Å². The van der Waals surface area contributed by atoms with Crippen LogP contribution >= 0.6 is 0 Å². The molecule has 2 unspecified atom stereocenters. The summed E-state index contributed by atoms with van der Waals surface area (Å²) in [6.45, 7) is 7.70. The van der Waals surface area contributed by atoms with E-state index in [1.165, 1.54) is 0 Å². The summed E-state index contributed by atoms with van der Waals surface area (Å²) < 4.78 is 0. The molecule has 19 heavy (non-hydrogen) atoms. The average molecular weight is 269 g/mol. The molecule has 0 amide bonds. The lowest BCUT2D eigenvalue weighted by molar-refractivity contribution is -0.138. The van der Waals surface area contributed by atoms with Crippen LogP contribution in [-0.4, -0.2) is 73.7 Å². The third-order valence-electron chi connectivity index (χ3n) is 4.61. The second-order valence-corrected chi connectivity index (χ2v) is 6.04. The maximum absolute atomic E-state index is 10.9. The highest BCUT2D eigenvalue weighted by atomic mass is 16.4. The Balaban J connectivity index is 1.74. The molecule has 0 aromatic rings. The van der Waals surface area contributed by atoms with Crippen LogP contribution in [0.3, 0.4) is 0 Å². The van der Waals surface area contributed by atoms with Crippen molar-refractivity contribution in [2.24, 2.45) is 11.8 Å². The van der Waals surface area contributed by atoms with Gasteiger partial charge in [0.25, 0.3) is 0 Å². The summed E-state index contributed by atoms with van der Waals surface area (Å²) >= 11 is 0. The summed E-state index contributed by atoms with van der Waals surface area (Å²) in [6, 6.07) is 0. The van der Waals surface area contributed by atoms with E-state index in [2.05, 4.69) is 22.2 Å². The molecule has 0 aromatic heterocycles. The Morgan fingerprint density at radius 3 is 2.68 bits per heavy atom. The van der Waals surface area contributed by atoms with Crippen LogP contribution < -0.4 is 5.32 Å². The van der Waals surface area contributed by atoms with E-state index >= 15 is 0 Å². The van der Waals surface area contributed by atoms with Crippen LogP contribution in [-0.2, 0) is 4.79 Å². The summed E-state index contributed by atoms with van der Waals surface area (Å²) in [6.07, 6.45) is 2.49. The highest BCUT2D eigenvalue weighted by molar-refractivity contribution is 5.67. The number of hydrogen-bond acceptors (Lipinski definition) is 4. The Labute approximate surface area is 115 Å². The van der Waals surface area contributed by atoms with Crippen molar-refractivity contribution in [2.75, 3.05) is 52.9 Å². The standard InChI is InChI=1S/C14H27N3O2/c1-16-6-8-17(9-7-16)5-3-13-11-15-4-2-12(13)10-14(18)19/h12-13,15H,2-11H2,1H3,(H,18,19). The summed E-state index contributed by atoms with van der Waals surface area (Å²) in [5, 5.41) is 12.4. The van der Waals surface area contributed by atoms with Gasteiger partial charge in [0.1, 0.15) is 0 Å². The van der Waals surface area contributed by atoms with Gasteiger partial charge < -0.3 is 20.2 Å². The number of hydrogen-bond donors (Lipinski definition) is 2. The van der Waals surface area contributed by atoms with Crippen molar-refractivity contribution < 1.29 is 9.90 Å². The number of carbonyl (C=O) groups is 1. The SMILES string of the molecule is CN1CCN(CCC2CNCCC2CC(=O)O)CC1. The van der Waals surface area contributed by atoms with Crippen molar-refractivity contribution in [1.82, 2.24) is 15.1 Å². The Kier molecular flexibility index (Phi) is 5.60. The first-order chi connectivity index (χ1) is 9.15. The predicted octanol–water partition coefficient (Wildman–Crippen LogP) is 0.324. The first-order valence-electron chi connectivity index (χ1n) is 7.48. The molecule has 0 aliphatic carbocycles. The number of piperazine rings is 1. The Morgan fingerprint density at radius 2 is 2.00 bits per heavy atom. The first-order valence-corrected chi connectivity index (χ1v) is 7.48. The molecule has 5 nitrogen and oxygen atoms in total. The molecule has 2 N–H and O–H groups in total. The van der Waals surface area contributed by atoms with Gasteiger partial charge in [0.05, 0.1) is 0 Å². The van der Waals surface area contributed by atoms with Crippen LogP contribution in [0, 0.1) is 11.8 Å². The molecule has 110 valence electrons. The highest BCUT2D eigenvalue weighted by Crippen LogP contribution is 2.25. The Morgan fingerprint density at radius 1 is 1.26 bits per heavy atom. The zero-order valence-electron chi connectivity index (χ0n) is 12.0. The monoisotopic (exact) mass is 269 g/mol. The quantitative estimate of drug-likeness (QED) is 0.753. The average Bonchev–Trinajstić information content (AvgIpc) is 2.39. The molecule has 5 heteroatoms. The minimum Gasteiger partial charge on any atom is -0.481 e. The number of carboxylic acid groups (broad SMARTS) is 1. The fraction of sp³-hybridized carbons (Fsp3) is 0.929. The van der Waals surface area contributed by atoms with Gasteiger partial charge >= 0.3 is 5.97 Å². The van der Waals surface area contributed by atoms with E-state index in [1.54, 1.807) is 0 Å². The maximum Gasteiger partial charge on any atom is 0.303 e. The van der Waals surface area contributed by atoms with Crippen LogP contribution in [0.15, 0.2) is 0 Å². The second kappa shape index (κ2) is 7.22. The summed E-state index contributed by atoms with van der Waals surface area (Å²) in [7, 11) is 2.17. The van der Waals surface area contributed by atoms with Gasteiger partial charge in [0.2, 0.25) is 0 Å². The lowest BCUT2D eigenvalue weighted by atomic mass is 9.82. The van der Waals surface area contributed by atoms with Crippen molar-refractivity contribution >= 4 is 5.97 Å². The van der Waals surface area contributed by atoms with E-state index in [4.69, 9.17) is 5.11 Å². The molecular weight excluding hydrogens is 242 g/mol. The van der Waals surface area contributed by atoms with Gasteiger partial charge in [0, 0.05) is 32.6 Å². The van der Waals surface area contributed by atoms with Gasteiger partial charge in [-0.1, -0.05) is 0 Å². The van der Waals surface area contributed by atoms with E-state index < -0.39 is 5.97 Å². The van der Waals surface area contributed by atoms with Crippen LogP contribution in [0.2, 0.25) is 0 Å². The van der Waals surface area contributed by atoms with E-state index in [1.807, 2.05) is 0 Å². The first kappa shape index (κ1) is 14.8. The largest absolute Gasteiger partial charge is 0.481 e. The molecule has 0 spiro atoms. The normalized spacial score (nSPS) is 30.4. The third-order valence-corrected chi connectivity index (χ3v) is 4.61. The molecule has 2 aliphatic heterocycles. The number of likely N-dealkylation sites (N-methyl/N-ethyl adjacent to an activating group) is 1. The van der Waals surface area contributed by atoms with Crippen LogP contribution in [0.25, 0.3) is 0 Å². The molecule has 0 radical (unpaired) electrons. The lowest BCUT2D eigenvalue weighted by Gasteiger charge is -2.36. The van der Waals surface area contributed by atoms with Crippen molar-refractivity contribution in [3.05, 3.63) is 0 Å². The molecule has 2 saturated heterocycles. The lowest BCUT2D eigenvalue weighted by Crippen LogP contribution is -2.46. The van der Waals surface area contributed by atoms with E-state index in [0.717, 1.165) is 58.7 Å². The van der Waals surface area contributed by atoms with Crippen molar-refractivity contribution in [3.8, 4) is 0 Å². The van der Waals surface area contributed by atoms with Crippen molar-refractivity contribution in [1.29, 1.82) is 0 Å². The van der Waals surface area contributed by atoms with Crippen LogP contribution in [0.1, 0.15) is 19.3 Å². The second-order valence-electron chi connectivity index (χ2n) is 6.04. The fourth-order valence-electron chi connectivity index (χ4n) is 3.23. The smallest absolute Gasteiger partial charge is 0.303 e. The molecule has 2 rings (SSSR count). The molecule has 2 fully saturated rings. The number of piperidine rings is 1. The predicted molar refractivity (Wildman–Crippen MR) is 75.3 cm³/mol. The Hall–Kier alpha value is -0.650. The van der Waals surface area contributed by atoms with E-state index in [-0.39, 0.29) is 0 Å². The molecule has 2 aliphatic rings. The maximum atomic E-state index is 10.9. The topological polar surface area (TPSA) is 55.8 Å². The molecule has 0 aromatic carbocycles. The van der Waals surface area contributed by atoms with Crippen LogP contribution in [0.4, 0.5) is 0 Å². The molecule has 2 heterocycles. The number of nitrogens with one attached hydrogen (secondary N) is 1. The minimum absolute atomic E-state index is 0.342. The van der Waals surface area contributed by atoms with Gasteiger partial charge in [-0.2, -0.15) is 0 Å². The number of rotatable bonds is 5. The van der Waals surface area contributed by atoms with Crippen molar-refractivity contribution in [2.45, 2.75) is 19.3 Å². The Bertz CT molecular complexity index is 290. The number of nitrogens with zero attached hydrogens (tertiary/aromatic N) is 2. The molecule has 0 saturated carbocycles. The van der Waals surface area contributed by atoms with Crippen molar-refractivity contribution in [3.63, 3.8) is 0 Å². The molecule has 2 atom stereocenters. The van der Waals surface area contributed by atoms with E-state index in [9.17, 15) is 4.79 Å². The summed E-state index contributed by atoms with van der Waals surface area (Å²) in [5.74, 6) is 0.257. The van der Waals surface area contributed by atoms with Gasteiger partial charge in [-0.3, -0.25) is 4.79 Å². The number of aliphatic carboxylic acids is 1.